The molecule has 1 aromatic heterocycles. The monoisotopic (exact) mass is 349 g/mol. The first-order valence-corrected chi connectivity index (χ1v) is 7.12. The third-order valence-corrected chi connectivity index (χ3v) is 4.08. The van der Waals surface area contributed by atoms with Crippen LogP contribution in [-0.4, -0.2) is 17.0 Å². The van der Waals surface area contributed by atoms with Gasteiger partial charge in [0.05, 0.1) is 21.2 Å². The molecule has 1 amide bonds. The summed E-state index contributed by atoms with van der Waals surface area (Å²) < 4.78 is 0.594. The Hall–Kier alpha value is -1.27. The lowest BCUT2D eigenvalue weighted by atomic mass is 10.1. The van der Waals surface area contributed by atoms with Gasteiger partial charge in [0.15, 0.2) is 0 Å². The zero-order valence-electron chi connectivity index (χ0n) is 9.62. The molecule has 1 aromatic carbocycles. The van der Waals surface area contributed by atoms with Crippen LogP contribution in [0.2, 0.25) is 13.7 Å². The number of thiophene rings is 1. The fourth-order valence-electron chi connectivity index (χ4n) is 1.49. The largest absolute Gasteiger partial charge is 0.478 e. The highest BCUT2D eigenvalue weighted by Crippen LogP contribution is 2.32. The minimum absolute atomic E-state index is 0.0693. The first-order valence-electron chi connectivity index (χ1n) is 5.17. The molecule has 0 bridgehead atoms. The molecule has 0 unspecified atom stereocenters. The van der Waals surface area contributed by atoms with Gasteiger partial charge < -0.3 is 10.4 Å². The van der Waals surface area contributed by atoms with Crippen LogP contribution >= 0.6 is 46.1 Å². The predicted octanol–water partition coefficient (Wildman–Crippen LogP) is 4.66. The summed E-state index contributed by atoms with van der Waals surface area (Å²) in [6.07, 6.45) is 0. The lowest BCUT2D eigenvalue weighted by Crippen LogP contribution is -2.14. The summed E-state index contributed by atoms with van der Waals surface area (Å²) in [5, 5.41) is 11.8. The molecule has 0 aliphatic rings. The molecule has 1 heterocycles. The topological polar surface area (TPSA) is 66.4 Å². The Morgan fingerprint density at radius 3 is 2.35 bits per heavy atom. The normalized spacial score (nSPS) is 10.3. The Morgan fingerprint density at radius 2 is 1.80 bits per heavy atom. The van der Waals surface area contributed by atoms with Crippen molar-refractivity contribution in [3.63, 3.8) is 0 Å². The van der Waals surface area contributed by atoms with E-state index in [0.717, 1.165) is 11.3 Å². The Labute approximate surface area is 132 Å². The Morgan fingerprint density at radius 1 is 1.10 bits per heavy atom. The number of benzene rings is 1. The maximum atomic E-state index is 12.1. The molecule has 0 spiro atoms. The van der Waals surface area contributed by atoms with Gasteiger partial charge >= 0.3 is 5.97 Å². The van der Waals surface area contributed by atoms with Crippen LogP contribution in [0.1, 0.15) is 20.7 Å². The summed E-state index contributed by atoms with van der Waals surface area (Å²) in [7, 11) is 0. The minimum atomic E-state index is -1.17. The van der Waals surface area contributed by atoms with E-state index in [9.17, 15) is 9.59 Å². The molecule has 2 rings (SSSR count). The van der Waals surface area contributed by atoms with Crippen LogP contribution in [0.25, 0.3) is 0 Å². The molecule has 4 nitrogen and oxygen atoms in total. The van der Waals surface area contributed by atoms with Crippen LogP contribution in [0, 0.1) is 0 Å². The highest BCUT2D eigenvalue weighted by molar-refractivity contribution is 7.20. The van der Waals surface area contributed by atoms with Crippen molar-refractivity contribution in [2.75, 3.05) is 5.32 Å². The molecule has 0 fully saturated rings. The van der Waals surface area contributed by atoms with E-state index in [1.165, 1.54) is 24.3 Å². The number of anilines is 1. The molecule has 0 aliphatic carbocycles. The average molecular weight is 351 g/mol. The zero-order chi connectivity index (χ0) is 14.9. The Kier molecular flexibility index (Phi) is 4.55. The summed E-state index contributed by atoms with van der Waals surface area (Å²) >= 11 is 18.5. The third kappa shape index (κ3) is 3.24. The number of carbonyl (C=O) groups is 2. The number of aromatic carboxylic acids is 1. The number of carboxylic acids is 1. The molecule has 104 valence electrons. The van der Waals surface area contributed by atoms with E-state index < -0.39 is 11.9 Å². The van der Waals surface area contributed by atoms with E-state index in [4.69, 9.17) is 39.9 Å². The van der Waals surface area contributed by atoms with Crippen LogP contribution in [0.3, 0.4) is 0 Å². The molecule has 2 N–H and O–H groups in total. The lowest BCUT2D eigenvalue weighted by molar-refractivity contribution is 0.0698. The smallest absolute Gasteiger partial charge is 0.337 e. The summed E-state index contributed by atoms with van der Waals surface area (Å²) in [6.45, 7) is 0. The quantitative estimate of drug-likeness (QED) is 0.846. The summed E-state index contributed by atoms with van der Waals surface area (Å²) in [6, 6.07) is 5.50. The van der Waals surface area contributed by atoms with E-state index in [1.807, 2.05) is 0 Å². The van der Waals surface area contributed by atoms with Crippen molar-refractivity contribution < 1.29 is 14.7 Å². The van der Waals surface area contributed by atoms with E-state index in [0.29, 0.717) is 9.36 Å². The number of hydrogen-bond donors (Lipinski definition) is 2. The summed E-state index contributed by atoms with van der Waals surface area (Å²) in [4.78, 5) is 23.1. The number of hydrogen-bond acceptors (Lipinski definition) is 3. The fourth-order valence-corrected chi connectivity index (χ4v) is 3.12. The van der Waals surface area contributed by atoms with Crippen LogP contribution in [0.5, 0.6) is 0 Å². The van der Waals surface area contributed by atoms with Crippen LogP contribution in [0.15, 0.2) is 24.3 Å². The highest BCUT2D eigenvalue weighted by atomic mass is 35.5. The second kappa shape index (κ2) is 6.01. The molecule has 20 heavy (non-hydrogen) atoms. The molecule has 0 aliphatic heterocycles. The number of carboxylic acid groups (broad SMARTS) is 1. The molecule has 0 atom stereocenters. The first-order chi connectivity index (χ1) is 9.38. The van der Waals surface area contributed by atoms with Gasteiger partial charge in [0.2, 0.25) is 0 Å². The van der Waals surface area contributed by atoms with Crippen molar-refractivity contribution >= 4 is 63.7 Å². The molecule has 0 saturated carbocycles. The van der Waals surface area contributed by atoms with Crippen molar-refractivity contribution in [3.05, 3.63) is 49.1 Å². The molecule has 0 saturated heterocycles. The van der Waals surface area contributed by atoms with Gasteiger partial charge in [0, 0.05) is 5.02 Å². The van der Waals surface area contributed by atoms with Crippen molar-refractivity contribution in [1.82, 2.24) is 0 Å². The number of rotatable bonds is 3. The molecular formula is C12H6Cl3NO3S. The SMILES string of the molecule is O=C(O)c1ccc(Cl)cc1NC(=O)c1cc(Cl)sc1Cl. The van der Waals surface area contributed by atoms with Gasteiger partial charge in [-0.3, -0.25) is 4.79 Å². The number of carbonyl (C=O) groups excluding carboxylic acids is 1. The van der Waals surface area contributed by atoms with E-state index in [1.54, 1.807) is 0 Å². The maximum absolute atomic E-state index is 12.1. The molecular weight excluding hydrogens is 345 g/mol. The second-order valence-corrected chi connectivity index (χ2v) is 6.41. The Bertz CT molecular complexity index is 699. The van der Waals surface area contributed by atoms with Crippen molar-refractivity contribution in [2.45, 2.75) is 0 Å². The number of nitrogens with one attached hydrogen (secondary N) is 1. The predicted molar refractivity (Wildman–Crippen MR) is 80.7 cm³/mol. The van der Waals surface area contributed by atoms with Crippen LogP contribution in [-0.2, 0) is 0 Å². The van der Waals surface area contributed by atoms with E-state index >= 15 is 0 Å². The number of amides is 1. The van der Waals surface area contributed by atoms with E-state index in [-0.39, 0.29) is 21.2 Å². The molecule has 2 aromatic rings. The minimum Gasteiger partial charge on any atom is -0.478 e. The van der Waals surface area contributed by atoms with Crippen LogP contribution in [0.4, 0.5) is 5.69 Å². The van der Waals surface area contributed by atoms with Gasteiger partial charge in [-0.15, -0.1) is 11.3 Å². The van der Waals surface area contributed by atoms with Crippen molar-refractivity contribution in [1.29, 1.82) is 0 Å². The lowest BCUT2D eigenvalue weighted by Gasteiger charge is -2.08. The summed E-state index contributed by atoms with van der Waals surface area (Å²) in [5.41, 5.74) is 0.201. The standard InChI is InChI=1S/C12H6Cl3NO3S/c13-5-1-2-6(12(18)19)8(3-5)16-11(17)7-4-9(14)20-10(7)15/h1-4H,(H,16,17)(H,18,19). The summed E-state index contributed by atoms with van der Waals surface area (Å²) in [5.74, 6) is -1.73. The Balaban J connectivity index is 2.34. The van der Waals surface area contributed by atoms with Gasteiger partial charge in [0.1, 0.15) is 4.34 Å². The van der Waals surface area contributed by atoms with E-state index in [2.05, 4.69) is 5.32 Å². The average Bonchev–Trinajstić information content (AvgIpc) is 2.68. The fraction of sp³-hybridized carbons (Fsp3) is 0. The van der Waals surface area contributed by atoms with Gasteiger partial charge in [-0.05, 0) is 24.3 Å². The van der Waals surface area contributed by atoms with Crippen molar-refractivity contribution in [3.8, 4) is 0 Å². The highest BCUT2D eigenvalue weighted by Gasteiger charge is 2.18. The van der Waals surface area contributed by atoms with Gasteiger partial charge in [0.25, 0.3) is 5.91 Å². The van der Waals surface area contributed by atoms with Gasteiger partial charge in [-0.1, -0.05) is 34.8 Å². The first kappa shape index (κ1) is 15.1. The van der Waals surface area contributed by atoms with Gasteiger partial charge in [-0.25, -0.2) is 4.79 Å². The van der Waals surface area contributed by atoms with Crippen LogP contribution < -0.4 is 5.32 Å². The van der Waals surface area contributed by atoms with Crippen molar-refractivity contribution in [2.24, 2.45) is 0 Å². The zero-order valence-corrected chi connectivity index (χ0v) is 12.7. The molecule has 8 heteroatoms. The third-order valence-electron chi connectivity index (χ3n) is 2.36. The van der Waals surface area contributed by atoms with Gasteiger partial charge in [-0.2, -0.15) is 0 Å². The number of halogens is 3. The second-order valence-electron chi connectivity index (χ2n) is 3.69. The maximum Gasteiger partial charge on any atom is 0.337 e. The molecule has 0 radical (unpaired) electrons.